The third-order valence-electron chi connectivity index (χ3n) is 4.69. The molecule has 0 aromatic heterocycles. The largest absolute Gasteiger partial charge is 0.348 e. The van der Waals surface area contributed by atoms with Gasteiger partial charge in [-0.25, -0.2) is 0 Å². The molecule has 2 atom stereocenters. The van der Waals surface area contributed by atoms with Gasteiger partial charge >= 0.3 is 0 Å². The minimum atomic E-state index is -0.0368. The highest BCUT2D eigenvalue weighted by Gasteiger charge is 2.41. The second kappa shape index (κ2) is 6.42. The molecule has 3 heteroatoms. The van der Waals surface area contributed by atoms with Crippen LogP contribution in [-0.2, 0) is 4.79 Å². The molecule has 1 aliphatic carbocycles. The fraction of sp³-hybridized carbons (Fsp3) is 0.556. The van der Waals surface area contributed by atoms with Crippen molar-refractivity contribution < 1.29 is 9.59 Å². The molecule has 1 unspecified atom stereocenters. The summed E-state index contributed by atoms with van der Waals surface area (Å²) < 4.78 is 0. The van der Waals surface area contributed by atoms with Crippen molar-refractivity contribution in [3.05, 3.63) is 35.9 Å². The highest BCUT2D eigenvalue weighted by Crippen LogP contribution is 2.43. The SMILES string of the molecule is C[C@H]1CCCC(C)(C)C1C(=O)NCC(=O)c1ccccc1. The van der Waals surface area contributed by atoms with Gasteiger partial charge in [0.15, 0.2) is 5.78 Å². The van der Waals surface area contributed by atoms with E-state index < -0.39 is 0 Å². The molecule has 3 nitrogen and oxygen atoms in total. The van der Waals surface area contributed by atoms with Crippen LogP contribution in [0, 0.1) is 17.3 Å². The number of hydrogen-bond donors (Lipinski definition) is 1. The van der Waals surface area contributed by atoms with Gasteiger partial charge in [-0.15, -0.1) is 0 Å². The summed E-state index contributed by atoms with van der Waals surface area (Å²) in [5.41, 5.74) is 0.658. The molecule has 1 saturated carbocycles. The summed E-state index contributed by atoms with van der Waals surface area (Å²) in [4.78, 5) is 24.6. The number of Topliss-reactive ketones (excluding diaryl/α,β-unsaturated/α-hetero) is 1. The first kappa shape index (κ1) is 15.7. The van der Waals surface area contributed by atoms with Gasteiger partial charge in [0.1, 0.15) is 0 Å². The third kappa shape index (κ3) is 3.72. The zero-order valence-corrected chi connectivity index (χ0v) is 13.2. The van der Waals surface area contributed by atoms with E-state index in [1.165, 1.54) is 6.42 Å². The fourth-order valence-electron chi connectivity index (χ4n) is 3.59. The van der Waals surface area contributed by atoms with Gasteiger partial charge in [-0.05, 0) is 24.2 Å². The number of carbonyl (C=O) groups is 2. The van der Waals surface area contributed by atoms with Crippen LogP contribution in [0.15, 0.2) is 30.3 Å². The molecular weight excluding hydrogens is 262 g/mol. The van der Waals surface area contributed by atoms with E-state index in [9.17, 15) is 9.59 Å². The van der Waals surface area contributed by atoms with Crippen LogP contribution in [-0.4, -0.2) is 18.2 Å². The molecule has 1 N–H and O–H groups in total. The average molecular weight is 287 g/mol. The molecule has 0 spiro atoms. The molecule has 0 bridgehead atoms. The number of nitrogens with one attached hydrogen (secondary N) is 1. The Labute approximate surface area is 127 Å². The smallest absolute Gasteiger partial charge is 0.224 e. The van der Waals surface area contributed by atoms with Crippen LogP contribution in [0.4, 0.5) is 0 Å². The van der Waals surface area contributed by atoms with E-state index in [4.69, 9.17) is 0 Å². The second-order valence-corrected chi connectivity index (χ2v) is 6.84. The number of hydrogen-bond acceptors (Lipinski definition) is 2. The quantitative estimate of drug-likeness (QED) is 0.862. The molecule has 1 aromatic carbocycles. The van der Waals surface area contributed by atoms with Crippen LogP contribution in [0.1, 0.15) is 50.4 Å². The van der Waals surface area contributed by atoms with Crippen molar-refractivity contribution in [3.63, 3.8) is 0 Å². The fourth-order valence-corrected chi connectivity index (χ4v) is 3.59. The van der Waals surface area contributed by atoms with E-state index >= 15 is 0 Å². The number of ketones is 1. The summed E-state index contributed by atoms with van der Waals surface area (Å²) in [7, 11) is 0. The van der Waals surface area contributed by atoms with E-state index in [1.54, 1.807) is 12.1 Å². The Kier molecular flexibility index (Phi) is 4.81. The molecule has 1 aromatic rings. The van der Waals surface area contributed by atoms with Gasteiger partial charge in [0.05, 0.1) is 6.54 Å². The monoisotopic (exact) mass is 287 g/mol. The highest BCUT2D eigenvalue weighted by atomic mass is 16.2. The first-order valence-corrected chi connectivity index (χ1v) is 7.78. The molecule has 114 valence electrons. The molecule has 1 amide bonds. The standard InChI is InChI=1S/C18H25NO2/c1-13-8-7-11-18(2,3)16(13)17(21)19-12-15(20)14-9-5-4-6-10-14/h4-6,9-10,13,16H,7-8,11-12H2,1-3H3,(H,19,21)/t13-,16?/m0/s1. The molecule has 0 heterocycles. The van der Waals surface area contributed by atoms with E-state index in [-0.39, 0.29) is 29.6 Å². The highest BCUT2D eigenvalue weighted by molar-refractivity contribution is 5.99. The molecule has 2 rings (SSSR count). The molecular formula is C18H25NO2. The number of amides is 1. The Balaban J connectivity index is 1.96. The first-order chi connectivity index (χ1) is 9.92. The van der Waals surface area contributed by atoms with Crippen molar-refractivity contribution in [1.29, 1.82) is 0 Å². The van der Waals surface area contributed by atoms with Crippen LogP contribution in [0.3, 0.4) is 0 Å². The molecule has 21 heavy (non-hydrogen) atoms. The first-order valence-electron chi connectivity index (χ1n) is 7.78. The van der Waals surface area contributed by atoms with E-state index in [0.717, 1.165) is 12.8 Å². The van der Waals surface area contributed by atoms with Crippen molar-refractivity contribution in [2.45, 2.75) is 40.0 Å². The minimum Gasteiger partial charge on any atom is -0.348 e. The lowest BCUT2D eigenvalue weighted by Gasteiger charge is -2.41. The van der Waals surface area contributed by atoms with Crippen LogP contribution in [0.25, 0.3) is 0 Å². The third-order valence-corrected chi connectivity index (χ3v) is 4.69. The van der Waals surface area contributed by atoms with Gasteiger partial charge < -0.3 is 5.32 Å². The molecule has 0 saturated heterocycles. The maximum absolute atomic E-state index is 12.5. The molecule has 0 aliphatic heterocycles. The summed E-state index contributed by atoms with van der Waals surface area (Å²) >= 11 is 0. The lowest BCUT2D eigenvalue weighted by atomic mass is 9.64. The minimum absolute atomic E-state index is 0.00479. The number of rotatable bonds is 4. The molecule has 1 aliphatic rings. The van der Waals surface area contributed by atoms with Crippen molar-refractivity contribution in [2.75, 3.05) is 6.54 Å². The topological polar surface area (TPSA) is 46.2 Å². The average Bonchev–Trinajstić information content (AvgIpc) is 2.44. The van der Waals surface area contributed by atoms with Gasteiger partial charge in [0, 0.05) is 11.5 Å². The van der Waals surface area contributed by atoms with Gasteiger partial charge in [0.2, 0.25) is 5.91 Å². The van der Waals surface area contributed by atoms with E-state index in [1.807, 2.05) is 18.2 Å². The maximum atomic E-state index is 12.5. The summed E-state index contributed by atoms with van der Waals surface area (Å²) in [6.07, 6.45) is 3.34. The molecule has 1 fully saturated rings. The predicted molar refractivity (Wildman–Crippen MR) is 84.1 cm³/mol. The number of carbonyl (C=O) groups excluding carboxylic acids is 2. The summed E-state index contributed by atoms with van der Waals surface area (Å²) in [6, 6.07) is 9.10. The van der Waals surface area contributed by atoms with Crippen molar-refractivity contribution in [2.24, 2.45) is 17.3 Å². The summed E-state index contributed by atoms with van der Waals surface area (Å²) in [5, 5.41) is 2.85. The van der Waals surface area contributed by atoms with Gasteiger partial charge in [0.25, 0.3) is 0 Å². The van der Waals surface area contributed by atoms with Crippen LogP contribution < -0.4 is 5.32 Å². The Morgan fingerprint density at radius 2 is 1.90 bits per heavy atom. The summed E-state index contributed by atoms with van der Waals surface area (Å²) in [5.74, 6) is 0.358. The van der Waals surface area contributed by atoms with E-state index in [2.05, 4.69) is 26.1 Å². The van der Waals surface area contributed by atoms with Crippen LogP contribution >= 0.6 is 0 Å². The van der Waals surface area contributed by atoms with Crippen molar-refractivity contribution in [1.82, 2.24) is 5.32 Å². The Hall–Kier alpha value is -1.64. The molecule has 0 radical (unpaired) electrons. The summed E-state index contributed by atoms with van der Waals surface area (Å²) in [6.45, 7) is 6.55. The van der Waals surface area contributed by atoms with Crippen LogP contribution in [0.2, 0.25) is 0 Å². The van der Waals surface area contributed by atoms with Crippen molar-refractivity contribution in [3.8, 4) is 0 Å². The normalized spacial score (nSPS) is 24.3. The lowest BCUT2D eigenvalue weighted by molar-refractivity contribution is -0.132. The Bertz CT molecular complexity index is 507. The van der Waals surface area contributed by atoms with Gasteiger partial charge in [-0.1, -0.05) is 57.5 Å². The van der Waals surface area contributed by atoms with Crippen LogP contribution in [0.5, 0.6) is 0 Å². The Morgan fingerprint density at radius 1 is 1.24 bits per heavy atom. The van der Waals surface area contributed by atoms with Crippen molar-refractivity contribution >= 4 is 11.7 Å². The number of benzene rings is 1. The maximum Gasteiger partial charge on any atom is 0.224 e. The second-order valence-electron chi connectivity index (χ2n) is 6.84. The van der Waals surface area contributed by atoms with Gasteiger partial charge in [-0.2, -0.15) is 0 Å². The zero-order valence-electron chi connectivity index (χ0n) is 13.2. The van der Waals surface area contributed by atoms with E-state index in [0.29, 0.717) is 11.5 Å². The van der Waals surface area contributed by atoms with Gasteiger partial charge in [-0.3, -0.25) is 9.59 Å². The zero-order chi connectivity index (χ0) is 15.5. The Morgan fingerprint density at radius 3 is 2.52 bits per heavy atom. The lowest BCUT2D eigenvalue weighted by Crippen LogP contribution is -2.46. The predicted octanol–water partition coefficient (Wildman–Crippen LogP) is 3.45.